The van der Waals surface area contributed by atoms with Crippen LogP contribution in [0, 0.1) is 0 Å². The van der Waals surface area contributed by atoms with Gasteiger partial charge in [-0.05, 0) is 53.6 Å². The fourth-order valence-corrected chi connectivity index (χ4v) is 4.28. The zero-order valence-corrected chi connectivity index (χ0v) is 19.4. The summed E-state index contributed by atoms with van der Waals surface area (Å²) in [4.78, 5) is 39.6. The van der Waals surface area contributed by atoms with Gasteiger partial charge in [-0.25, -0.2) is 4.79 Å². The molecule has 1 atom stereocenters. The van der Waals surface area contributed by atoms with Crippen molar-refractivity contribution < 1.29 is 28.6 Å². The molecule has 0 spiro atoms. The smallest absolute Gasteiger partial charge is 0.325 e. The first-order chi connectivity index (χ1) is 16.9. The number of amides is 4. The van der Waals surface area contributed by atoms with Gasteiger partial charge in [-0.1, -0.05) is 18.2 Å². The van der Waals surface area contributed by atoms with Crippen LogP contribution >= 0.6 is 0 Å². The molecule has 2 aliphatic rings. The van der Waals surface area contributed by atoms with E-state index >= 15 is 0 Å². The van der Waals surface area contributed by atoms with Crippen LogP contribution in [0.4, 0.5) is 10.5 Å². The number of fused-ring (bicyclic) bond motifs is 2. The molecule has 35 heavy (non-hydrogen) atoms. The molecule has 3 aromatic carbocycles. The predicted octanol–water partition coefficient (Wildman–Crippen LogP) is 3.42. The van der Waals surface area contributed by atoms with E-state index in [1.165, 1.54) is 0 Å². The van der Waals surface area contributed by atoms with E-state index < -0.39 is 29.9 Å². The Morgan fingerprint density at radius 2 is 1.77 bits per heavy atom. The molecule has 2 heterocycles. The van der Waals surface area contributed by atoms with Crippen molar-refractivity contribution in [2.24, 2.45) is 0 Å². The third-order valence-electron chi connectivity index (χ3n) is 6.23. The quantitative estimate of drug-likeness (QED) is 0.548. The van der Waals surface area contributed by atoms with Gasteiger partial charge in [0.15, 0.2) is 11.5 Å². The van der Waals surface area contributed by atoms with E-state index in [1.807, 2.05) is 30.3 Å². The van der Waals surface area contributed by atoms with Gasteiger partial charge in [-0.15, -0.1) is 0 Å². The van der Waals surface area contributed by atoms with Crippen molar-refractivity contribution in [3.8, 4) is 17.2 Å². The van der Waals surface area contributed by atoms with Crippen LogP contribution in [0.25, 0.3) is 10.8 Å². The van der Waals surface area contributed by atoms with E-state index in [0.717, 1.165) is 27.8 Å². The van der Waals surface area contributed by atoms with E-state index in [-0.39, 0.29) is 0 Å². The van der Waals surface area contributed by atoms with Crippen LogP contribution in [0.1, 0.15) is 18.9 Å². The normalized spacial score (nSPS) is 19.3. The van der Waals surface area contributed by atoms with E-state index in [1.54, 1.807) is 38.3 Å². The number of benzene rings is 3. The highest BCUT2D eigenvalue weighted by molar-refractivity contribution is 6.10. The van der Waals surface area contributed by atoms with E-state index in [4.69, 9.17) is 14.2 Å². The first-order valence-electron chi connectivity index (χ1n) is 11.3. The summed E-state index contributed by atoms with van der Waals surface area (Å²) in [5, 5.41) is 7.31. The molecule has 180 valence electrons. The molecule has 0 unspecified atom stereocenters. The summed E-state index contributed by atoms with van der Waals surface area (Å²) in [6.45, 7) is 2.31. The van der Waals surface area contributed by atoms with Crippen LogP contribution in [0.15, 0.2) is 54.6 Å². The summed E-state index contributed by atoms with van der Waals surface area (Å²) in [6.07, 6.45) is 0.771. The Morgan fingerprint density at radius 3 is 2.57 bits per heavy atom. The molecule has 9 nitrogen and oxygen atoms in total. The number of urea groups is 1. The number of hydrogen-bond donors (Lipinski definition) is 2. The topological polar surface area (TPSA) is 106 Å². The largest absolute Gasteiger partial charge is 0.497 e. The van der Waals surface area contributed by atoms with Gasteiger partial charge in [0.2, 0.25) is 5.91 Å². The van der Waals surface area contributed by atoms with Gasteiger partial charge >= 0.3 is 6.03 Å². The average Bonchev–Trinajstić information content (AvgIpc) is 3.01. The Morgan fingerprint density at radius 1 is 1.03 bits per heavy atom. The highest BCUT2D eigenvalue weighted by Gasteiger charge is 2.49. The Bertz CT molecular complexity index is 1340. The summed E-state index contributed by atoms with van der Waals surface area (Å²) in [5.41, 5.74) is -0.181. The molecule has 0 aliphatic carbocycles. The molecule has 3 aromatic rings. The number of ether oxygens (including phenoxy) is 3. The van der Waals surface area contributed by atoms with Crippen molar-refractivity contribution in [1.29, 1.82) is 0 Å². The fourth-order valence-electron chi connectivity index (χ4n) is 4.28. The van der Waals surface area contributed by atoms with Crippen molar-refractivity contribution in [3.63, 3.8) is 0 Å². The number of anilines is 1. The molecular formula is C26H25N3O6. The lowest BCUT2D eigenvalue weighted by Gasteiger charge is -2.22. The van der Waals surface area contributed by atoms with Gasteiger partial charge in [0.1, 0.15) is 17.8 Å². The van der Waals surface area contributed by atoms with Crippen LogP contribution < -0.4 is 24.8 Å². The average molecular weight is 476 g/mol. The molecular weight excluding hydrogens is 450 g/mol. The van der Waals surface area contributed by atoms with E-state index in [0.29, 0.717) is 36.0 Å². The Kier molecular flexibility index (Phi) is 5.68. The molecule has 5 rings (SSSR count). The number of imide groups is 1. The van der Waals surface area contributed by atoms with Crippen molar-refractivity contribution in [1.82, 2.24) is 10.2 Å². The van der Waals surface area contributed by atoms with Crippen molar-refractivity contribution in [2.75, 3.05) is 32.2 Å². The van der Waals surface area contributed by atoms with Crippen molar-refractivity contribution in [3.05, 3.63) is 60.2 Å². The second-order valence-corrected chi connectivity index (χ2v) is 8.63. The minimum absolute atomic E-state index is 0.417. The second-order valence-electron chi connectivity index (χ2n) is 8.63. The number of methoxy groups -OCH3 is 1. The lowest BCUT2D eigenvalue weighted by Crippen LogP contribution is -2.42. The van der Waals surface area contributed by atoms with Crippen molar-refractivity contribution >= 4 is 34.3 Å². The monoisotopic (exact) mass is 475 g/mol. The maximum Gasteiger partial charge on any atom is 0.325 e. The van der Waals surface area contributed by atoms with Gasteiger partial charge in [0, 0.05) is 18.2 Å². The van der Waals surface area contributed by atoms with Gasteiger partial charge in [-0.2, -0.15) is 0 Å². The molecule has 2 aliphatic heterocycles. The van der Waals surface area contributed by atoms with Gasteiger partial charge in [-0.3, -0.25) is 14.5 Å². The molecule has 4 amide bonds. The van der Waals surface area contributed by atoms with E-state index in [9.17, 15) is 14.4 Å². The molecule has 1 fully saturated rings. The van der Waals surface area contributed by atoms with Crippen LogP contribution in [-0.4, -0.2) is 49.6 Å². The maximum atomic E-state index is 13.3. The summed E-state index contributed by atoms with van der Waals surface area (Å²) in [6, 6.07) is 15.6. The molecule has 0 bridgehead atoms. The third kappa shape index (κ3) is 4.21. The highest BCUT2D eigenvalue weighted by Crippen LogP contribution is 2.33. The first-order valence-corrected chi connectivity index (χ1v) is 11.3. The molecule has 2 N–H and O–H groups in total. The molecule has 0 aromatic heterocycles. The van der Waals surface area contributed by atoms with Crippen LogP contribution in [0.3, 0.4) is 0 Å². The van der Waals surface area contributed by atoms with Crippen LogP contribution in [0.2, 0.25) is 0 Å². The summed E-state index contributed by atoms with van der Waals surface area (Å²) < 4.78 is 16.5. The number of nitrogens with one attached hydrogen (secondary N) is 2. The third-order valence-corrected chi connectivity index (χ3v) is 6.23. The number of carbonyl (C=O) groups is 3. The van der Waals surface area contributed by atoms with Gasteiger partial charge in [0.25, 0.3) is 5.91 Å². The second kappa shape index (κ2) is 8.83. The minimum Gasteiger partial charge on any atom is -0.497 e. The number of hydrogen-bond acceptors (Lipinski definition) is 6. The molecule has 1 saturated heterocycles. The lowest BCUT2D eigenvalue weighted by atomic mass is 9.90. The number of nitrogens with zero attached hydrogens (tertiary/aromatic N) is 1. The SMILES string of the molecule is COc1ccc2cc([C@]3(C)NC(=O)N(CC(=O)Nc4ccc5c(c4)OCCCO5)C3=O)ccc2c1. The lowest BCUT2D eigenvalue weighted by molar-refractivity contribution is -0.133. The zero-order chi connectivity index (χ0) is 24.6. The van der Waals surface area contributed by atoms with Crippen LogP contribution in [-0.2, 0) is 15.1 Å². The molecule has 9 heteroatoms. The maximum absolute atomic E-state index is 13.3. The minimum atomic E-state index is -1.29. The zero-order valence-electron chi connectivity index (χ0n) is 19.4. The predicted molar refractivity (Wildman–Crippen MR) is 129 cm³/mol. The summed E-state index contributed by atoms with van der Waals surface area (Å²) in [5.74, 6) is 0.880. The first kappa shape index (κ1) is 22.5. The number of rotatable bonds is 5. The standard InChI is InChI=1S/C26H25N3O6/c1-26(18-6-4-17-13-20(33-2)8-5-16(17)12-18)24(31)29(25(32)28-26)15-23(30)27-19-7-9-21-22(14-19)35-11-3-10-34-21/h4-9,12-14H,3,10-11,15H2,1-2H3,(H,27,30)(H,28,32)/t26-/m0/s1. The summed E-state index contributed by atoms with van der Waals surface area (Å²) in [7, 11) is 1.60. The van der Waals surface area contributed by atoms with Crippen molar-refractivity contribution in [2.45, 2.75) is 18.9 Å². The summed E-state index contributed by atoms with van der Waals surface area (Å²) >= 11 is 0. The Hall–Kier alpha value is -4.27. The molecule has 0 saturated carbocycles. The Balaban J connectivity index is 1.31. The molecule has 0 radical (unpaired) electrons. The Labute approximate surface area is 201 Å². The van der Waals surface area contributed by atoms with Crippen LogP contribution in [0.5, 0.6) is 17.2 Å². The van der Waals surface area contributed by atoms with Gasteiger partial charge in [0.05, 0.1) is 20.3 Å². The fraction of sp³-hybridized carbons (Fsp3) is 0.269. The number of carbonyl (C=O) groups excluding carboxylic acids is 3. The van der Waals surface area contributed by atoms with E-state index in [2.05, 4.69) is 10.6 Å². The highest BCUT2D eigenvalue weighted by atomic mass is 16.5. The van der Waals surface area contributed by atoms with Gasteiger partial charge < -0.3 is 24.8 Å².